The first-order valence-electron chi connectivity index (χ1n) is 8.17. The number of ether oxygens (including phenoxy) is 1. The Hall–Kier alpha value is -2.73. The second-order valence-electron chi connectivity index (χ2n) is 6.40. The van der Waals surface area contributed by atoms with E-state index in [0.717, 1.165) is 18.4 Å². The lowest BCUT2D eigenvalue weighted by Crippen LogP contribution is -2.39. The number of carbonyl (C=O) groups is 1. The van der Waals surface area contributed by atoms with Crippen molar-refractivity contribution in [3.63, 3.8) is 0 Å². The SMILES string of the molecule is CN(C)C1CCc2ccccc2C1OC(=O)c1ccc([N+](=O)[O-])cc1. The minimum absolute atomic E-state index is 0.0502. The predicted octanol–water partition coefficient (Wildman–Crippen LogP) is 3.37. The Morgan fingerprint density at radius 2 is 1.84 bits per heavy atom. The zero-order valence-corrected chi connectivity index (χ0v) is 14.2. The Kier molecular flexibility index (Phi) is 4.81. The van der Waals surface area contributed by atoms with Gasteiger partial charge in [-0.05, 0) is 50.2 Å². The summed E-state index contributed by atoms with van der Waals surface area (Å²) >= 11 is 0. The van der Waals surface area contributed by atoms with E-state index in [0.29, 0.717) is 5.56 Å². The number of hydrogen-bond donors (Lipinski definition) is 0. The molecule has 0 saturated carbocycles. The van der Waals surface area contributed by atoms with E-state index < -0.39 is 10.9 Å². The van der Waals surface area contributed by atoms with Gasteiger partial charge in [0, 0.05) is 12.1 Å². The highest BCUT2D eigenvalue weighted by Crippen LogP contribution is 2.35. The van der Waals surface area contributed by atoms with Gasteiger partial charge >= 0.3 is 5.97 Å². The maximum atomic E-state index is 12.6. The minimum atomic E-state index is -0.491. The van der Waals surface area contributed by atoms with Crippen LogP contribution in [0.15, 0.2) is 48.5 Å². The zero-order valence-electron chi connectivity index (χ0n) is 14.2. The van der Waals surface area contributed by atoms with E-state index in [-0.39, 0.29) is 17.8 Å². The fourth-order valence-electron chi connectivity index (χ4n) is 3.28. The minimum Gasteiger partial charge on any atom is -0.452 e. The molecule has 0 saturated heterocycles. The first kappa shape index (κ1) is 17.1. The zero-order chi connectivity index (χ0) is 18.0. The van der Waals surface area contributed by atoms with Crippen molar-refractivity contribution in [2.75, 3.05) is 14.1 Å². The normalized spacial score (nSPS) is 19.3. The lowest BCUT2D eigenvalue weighted by atomic mass is 9.85. The summed E-state index contributed by atoms with van der Waals surface area (Å²) in [6, 6.07) is 13.6. The summed E-state index contributed by atoms with van der Waals surface area (Å²) in [6.45, 7) is 0. The number of nitrogens with zero attached hydrogens (tertiary/aromatic N) is 2. The van der Waals surface area contributed by atoms with Crippen LogP contribution in [0.3, 0.4) is 0 Å². The molecular formula is C19H20N2O4. The number of non-ortho nitro benzene ring substituents is 1. The molecular weight excluding hydrogens is 320 g/mol. The standard InChI is InChI=1S/C19H20N2O4/c1-20(2)17-12-9-13-5-3-4-6-16(13)18(17)25-19(22)14-7-10-15(11-8-14)21(23)24/h3-8,10-11,17-18H,9,12H2,1-2H3. The van der Waals surface area contributed by atoms with Gasteiger partial charge in [-0.3, -0.25) is 10.1 Å². The predicted molar refractivity (Wildman–Crippen MR) is 93.5 cm³/mol. The highest BCUT2D eigenvalue weighted by Gasteiger charge is 2.34. The third-order valence-electron chi connectivity index (χ3n) is 4.63. The van der Waals surface area contributed by atoms with Crippen LogP contribution >= 0.6 is 0 Å². The van der Waals surface area contributed by atoms with Gasteiger partial charge in [0.1, 0.15) is 6.10 Å². The molecule has 130 valence electrons. The van der Waals surface area contributed by atoms with Gasteiger partial charge in [0.2, 0.25) is 0 Å². The van der Waals surface area contributed by atoms with Crippen LogP contribution < -0.4 is 0 Å². The maximum absolute atomic E-state index is 12.6. The van der Waals surface area contributed by atoms with E-state index in [1.807, 2.05) is 32.3 Å². The lowest BCUT2D eigenvalue weighted by Gasteiger charge is -2.37. The van der Waals surface area contributed by atoms with Crippen LogP contribution in [0, 0.1) is 10.1 Å². The first-order chi connectivity index (χ1) is 12.0. The largest absolute Gasteiger partial charge is 0.452 e. The quantitative estimate of drug-likeness (QED) is 0.485. The molecule has 1 aliphatic carbocycles. The average molecular weight is 340 g/mol. The molecule has 2 unspecified atom stereocenters. The maximum Gasteiger partial charge on any atom is 0.338 e. The van der Waals surface area contributed by atoms with Crippen LogP contribution in [0.1, 0.15) is 34.0 Å². The van der Waals surface area contributed by atoms with Crippen molar-refractivity contribution >= 4 is 11.7 Å². The molecule has 0 heterocycles. The fraction of sp³-hybridized carbons (Fsp3) is 0.316. The summed E-state index contributed by atoms with van der Waals surface area (Å²) in [4.78, 5) is 24.9. The molecule has 0 bridgehead atoms. The number of rotatable bonds is 4. The molecule has 0 amide bonds. The monoisotopic (exact) mass is 340 g/mol. The van der Waals surface area contributed by atoms with Crippen molar-refractivity contribution in [1.29, 1.82) is 0 Å². The third-order valence-corrected chi connectivity index (χ3v) is 4.63. The van der Waals surface area contributed by atoms with E-state index in [1.54, 1.807) is 0 Å². The molecule has 0 aliphatic heterocycles. The van der Waals surface area contributed by atoms with Crippen molar-refractivity contribution in [3.8, 4) is 0 Å². The molecule has 2 aromatic carbocycles. The Morgan fingerprint density at radius 3 is 2.48 bits per heavy atom. The number of likely N-dealkylation sites (N-methyl/N-ethyl adjacent to an activating group) is 1. The highest BCUT2D eigenvalue weighted by atomic mass is 16.6. The number of benzene rings is 2. The first-order valence-corrected chi connectivity index (χ1v) is 8.17. The molecule has 6 heteroatoms. The van der Waals surface area contributed by atoms with Crippen LogP contribution in [0.4, 0.5) is 5.69 Å². The number of hydrogen-bond acceptors (Lipinski definition) is 5. The van der Waals surface area contributed by atoms with Crippen LogP contribution in [-0.2, 0) is 11.2 Å². The highest BCUT2D eigenvalue weighted by molar-refractivity contribution is 5.89. The number of nitro groups is 1. The fourth-order valence-corrected chi connectivity index (χ4v) is 3.28. The number of aryl methyl sites for hydroxylation is 1. The van der Waals surface area contributed by atoms with E-state index in [2.05, 4.69) is 11.0 Å². The number of nitro benzene ring substituents is 1. The van der Waals surface area contributed by atoms with E-state index in [1.165, 1.54) is 29.8 Å². The van der Waals surface area contributed by atoms with E-state index in [4.69, 9.17) is 4.74 Å². The average Bonchev–Trinajstić information content (AvgIpc) is 2.61. The smallest absolute Gasteiger partial charge is 0.338 e. The van der Waals surface area contributed by atoms with Crippen LogP contribution in [0.25, 0.3) is 0 Å². The van der Waals surface area contributed by atoms with Crippen molar-refractivity contribution in [1.82, 2.24) is 4.90 Å². The van der Waals surface area contributed by atoms with Crippen LogP contribution in [0.5, 0.6) is 0 Å². The third kappa shape index (κ3) is 3.53. The lowest BCUT2D eigenvalue weighted by molar-refractivity contribution is -0.384. The molecule has 2 atom stereocenters. The summed E-state index contributed by atoms with van der Waals surface area (Å²) in [6.07, 6.45) is 1.50. The van der Waals surface area contributed by atoms with Gasteiger partial charge in [-0.2, -0.15) is 0 Å². The number of carbonyl (C=O) groups excluding carboxylic acids is 1. The van der Waals surface area contributed by atoms with Gasteiger partial charge in [-0.1, -0.05) is 24.3 Å². The summed E-state index contributed by atoms with van der Waals surface area (Å²) in [7, 11) is 3.95. The van der Waals surface area contributed by atoms with Crippen molar-refractivity contribution in [2.24, 2.45) is 0 Å². The van der Waals surface area contributed by atoms with Crippen LogP contribution in [0.2, 0.25) is 0 Å². The molecule has 2 aromatic rings. The topological polar surface area (TPSA) is 72.7 Å². The molecule has 0 aromatic heterocycles. The molecule has 0 radical (unpaired) electrons. The molecule has 0 N–H and O–H groups in total. The Morgan fingerprint density at radius 1 is 1.16 bits per heavy atom. The summed E-state index contributed by atoms with van der Waals surface area (Å²) < 4.78 is 5.83. The Balaban J connectivity index is 1.86. The van der Waals surface area contributed by atoms with Crippen molar-refractivity contribution in [3.05, 3.63) is 75.3 Å². The van der Waals surface area contributed by atoms with Crippen LogP contribution in [-0.4, -0.2) is 35.9 Å². The molecule has 6 nitrogen and oxygen atoms in total. The molecule has 1 aliphatic rings. The molecule has 0 spiro atoms. The van der Waals surface area contributed by atoms with Gasteiger partial charge in [0.25, 0.3) is 5.69 Å². The Labute approximate surface area is 146 Å². The summed E-state index contributed by atoms with van der Waals surface area (Å²) in [5.41, 5.74) is 2.49. The second-order valence-corrected chi connectivity index (χ2v) is 6.40. The van der Waals surface area contributed by atoms with Gasteiger partial charge in [0.15, 0.2) is 0 Å². The molecule has 25 heavy (non-hydrogen) atoms. The molecule has 3 rings (SSSR count). The second kappa shape index (κ2) is 7.03. The summed E-state index contributed by atoms with van der Waals surface area (Å²) in [5.74, 6) is -0.469. The van der Waals surface area contributed by atoms with E-state index >= 15 is 0 Å². The van der Waals surface area contributed by atoms with Gasteiger partial charge in [-0.25, -0.2) is 4.79 Å². The number of fused-ring (bicyclic) bond motifs is 1. The van der Waals surface area contributed by atoms with Gasteiger partial charge < -0.3 is 9.64 Å². The molecule has 0 fully saturated rings. The van der Waals surface area contributed by atoms with Crippen molar-refractivity contribution < 1.29 is 14.5 Å². The Bertz CT molecular complexity index is 786. The van der Waals surface area contributed by atoms with Gasteiger partial charge in [0.05, 0.1) is 16.5 Å². The number of esters is 1. The van der Waals surface area contributed by atoms with Gasteiger partial charge in [-0.15, -0.1) is 0 Å². The van der Waals surface area contributed by atoms with Crippen molar-refractivity contribution in [2.45, 2.75) is 25.0 Å². The van der Waals surface area contributed by atoms with E-state index in [9.17, 15) is 14.9 Å². The summed E-state index contributed by atoms with van der Waals surface area (Å²) in [5, 5.41) is 10.7.